The van der Waals surface area contributed by atoms with Gasteiger partial charge in [0.15, 0.2) is 0 Å². The fraction of sp³-hybridized carbons (Fsp3) is 0.571. The first-order valence-electron chi connectivity index (χ1n) is 6.40. The summed E-state index contributed by atoms with van der Waals surface area (Å²) in [5.41, 5.74) is 0.789. The van der Waals surface area contributed by atoms with Gasteiger partial charge in [-0.3, -0.25) is 0 Å². The second-order valence-corrected chi connectivity index (χ2v) is 4.99. The highest BCUT2D eigenvalue weighted by Crippen LogP contribution is 2.15. The molecule has 0 aliphatic carbocycles. The molecule has 0 aromatic heterocycles. The summed E-state index contributed by atoms with van der Waals surface area (Å²) in [7, 11) is 0. The average molecular weight is 274 g/mol. The number of aliphatic hydroxyl groups excluding tert-OH is 1. The van der Waals surface area contributed by atoms with Crippen LogP contribution in [-0.4, -0.2) is 17.8 Å². The highest BCUT2D eigenvalue weighted by atomic mass is 35.5. The minimum atomic E-state index is -0.357. The summed E-state index contributed by atoms with van der Waals surface area (Å²) in [5.74, 6) is -0.0200. The van der Waals surface area contributed by atoms with Gasteiger partial charge in [0.25, 0.3) is 0 Å². The number of hydrogen-bond acceptors (Lipinski definition) is 2. The predicted octanol–water partition coefficient (Wildman–Crippen LogP) is 3.37. The van der Waals surface area contributed by atoms with Crippen LogP contribution in [0.15, 0.2) is 18.2 Å². The van der Waals surface area contributed by atoms with Crippen LogP contribution in [0.1, 0.15) is 32.3 Å². The fourth-order valence-corrected chi connectivity index (χ4v) is 2.32. The molecule has 0 saturated carbocycles. The number of benzene rings is 1. The summed E-state index contributed by atoms with van der Waals surface area (Å²) >= 11 is 5.77. The van der Waals surface area contributed by atoms with Gasteiger partial charge in [-0.05, 0) is 29.7 Å². The van der Waals surface area contributed by atoms with Crippen LogP contribution in [0.4, 0.5) is 4.39 Å². The summed E-state index contributed by atoms with van der Waals surface area (Å²) in [6.07, 6.45) is 1.57. The average Bonchev–Trinajstić information content (AvgIpc) is 2.29. The first-order valence-corrected chi connectivity index (χ1v) is 6.78. The monoisotopic (exact) mass is 273 g/mol. The molecule has 0 amide bonds. The van der Waals surface area contributed by atoms with E-state index in [9.17, 15) is 9.50 Å². The Morgan fingerprint density at radius 2 is 1.94 bits per heavy atom. The number of aliphatic hydroxyl groups is 1. The van der Waals surface area contributed by atoms with Gasteiger partial charge in [-0.2, -0.15) is 0 Å². The summed E-state index contributed by atoms with van der Waals surface area (Å²) in [6, 6.07) is 4.45. The van der Waals surface area contributed by atoms with Crippen molar-refractivity contribution in [1.29, 1.82) is 0 Å². The van der Waals surface area contributed by atoms with Gasteiger partial charge in [0.2, 0.25) is 0 Å². The first kappa shape index (κ1) is 15.4. The van der Waals surface area contributed by atoms with E-state index in [1.54, 1.807) is 6.07 Å². The van der Waals surface area contributed by atoms with Gasteiger partial charge < -0.3 is 10.4 Å². The minimum Gasteiger partial charge on any atom is -0.392 e. The van der Waals surface area contributed by atoms with Crippen LogP contribution in [0.3, 0.4) is 0 Å². The van der Waals surface area contributed by atoms with Crippen LogP contribution in [0.5, 0.6) is 0 Å². The largest absolute Gasteiger partial charge is 0.392 e. The zero-order valence-electron chi connectivity index (χ0n) is 10.9. The van der Waals surface area contributed by atoms with E-state index in [4.69, 9.17) is 11.6 Å². The van der Waals surface area contributed by atoms with Crippen molar-refractivity contribution in [3.63, 3.8) is 0 Å². The van der Waals surface area contributed by atoms with Crippen molar-refractivity contribution in [2.75, 3.05) is 6.54 Å². The minimum absolute atomic E-state index is 0.314. The standard InChI is InChI=1S/C14H21ClFNO/c1-3-11(4-2)14(18)9-17-8-10-5-12(15)7-13(16)6-10/h5-7,11,14,17-18H,3-4,8-9H2,1-2H3. The maximum Gasteiger partial charge on any atom is 0.125 e. The highest BCUT2D eigenvalue weighted by molar-refractivity contribution is 6.30. The molecule has 1 aromatic rings. The van der Waals surface area contributed by atoms with Crippen molar-refractivity contribution >= 4 is 11.6 Å². The molecule has 0 aliphatic heterocycles. The van der Waals surface area contributed by atoms with Crippen LogP contribution in [0.2, 0.25) is 5.02 Å². The van der Waals surface area contributed by atoms with Crippen LogP contribution in [0.25, 0.3) is 0 Å². The van der Waals surface area contributed by atoms with E-state index < -0.39 is 0 Å². The maximum absolute atomic E-state index is 13.1. The fourth-order valence-electron chi connectivity index (χ4n) is 2.08. The Balaban J connectivity index is 2.41. The van der Waals surface area contributed by atoms with E-state index in [2.05, 4.69) is 19.2 Å². The van der Waals surface area contributed by atoms with Crippen LogP contribution < -0.4 is 5.32 Å². The van der Waals surface area contributed by atoms with Gasteiger partial charge in [-0.15, -0.1) is 0 Å². The van der Waals surface area contributed by atoms with Crippen molar-refractivity contribution in [3.8, 4) is 0 Å². The normalized spacial score (nSPS) is 13.0. The molecule has 1 unspecified atom stereocenters. The van der Waals surface area contributed by atoms with Gasteiger partial charge in [0.05, 0.1) is 6.10 Å². The molecule has 18 heavy (non-hydrogen) atoms. The van der Waals surface area contributed by atoms with E-state index in [1.165, 1.54) is 12.1 Å². The smallest absolute Gasteiger partial charge is 0.125 e. The van der Waals surface area contributed by atoms with Crippen molar-refractivity contribution in [2.45, 2.75) is 39.3 Å². The van der Waals surface area contributed by atoms with Crippen molar-refractivity contribution in [1.82, 2.24) is 5.32 Å². The van der Waals surface area contributed by atoms with E-state index in [-0.39, 0.29) is 11.9 Å². The molecule has 0 saturated heterocycles. The molecule has 1 rings (SSSR count). The summed E-state index contributed by atoms with van der Waals surface area (Å²) < 4.78 is 13.1. The Morgan fingerprint density at radius 1 is 1.28 bits per heavy atom. The van der Waals surface area contributed by atoms with E-state index in [1.807, 2.05) is 0 Å². The Labute approximate surface area is 113 Å². The molecule has 2 N–H and O–H groups in total. The lowest BCUT2D eigenvalue weighted by Crippen LogP contribution is -2.32. The molecule has 0 heterocycles. The number of hydrogen-bond donors (Lipinski definition) is 2. The van der Waals surface area contributed by atoms with Gasteiger partial charge in [0, 0.05) is 18.1 Å². The van der Waals surface area contributed by atoms with Crippen molar-refractivity contribution < 1.29 is 9.50 Å². The molecule has 4 heteroatoms. The maximum atomic E-state index is 13.1. The molecular formula is C14H21ClFNO. The number of rotatable bonds is 7. The predicted molar refractivity (Wildman–Crippen MR) is 73.2 cm³/mol. The molecule has 0 bridgehead atoms. The summed E-state index contributed by atoms with van der Waals surface area (Å²) in [5, 5.41) is 13.5. The molecule has 102 valence electrons. The highest BCUT2D eigenvalue weighted by Gasteiger charge is 2.14. The van der Waals surface area contributed by atoms with Crippen LogP contribution in [-0.2, 0) is 6.54 Å². The van der Waals surface area contributed by atoms with Gasteiger partial charge in [0.1, 0.15) is 5.82 Å². The van der Waals surface area contributed by atoms with E-state index in [0.29, 0.717) is 24.0 Å². The van der Waals surface area contributed by atoms with Crippen molar-refractivity contribution in [3.05, 3.63) is 34.6 Å². The third-order valence-corrected chi connectivity index (χ3v) is 3.42. The quantitative estimate of drug-likeness (QED) is 0.798. The van der Waals surface area contributed by atoms with Gasteiger partial charge in [-0.25, -0.2) is 4.39 Å². The van der Waals surface area contributed by atoms with Crippen LogP contribution in [0, 0.1) is 11.7 Å². The third kappa shape index (κ3) is 4.92. The summed E-state index contributed by atoms with van der Waals surface area (Å²) in [6.45, 7) is 5.17. The second-order valence-electron chi connectivity index (χ2n) is 4.55. The lowest BCUT2D eigenvalue weighted by atomic mass is 9.96. The molecule has 0 aliphatic rings. The van der Waals surface area contributed by atoms with Crippen molar-refractivity contribution in [2.24, 2.45) is 5.92 Å². The Kier molecular flexibility index (Phi) is 6.61. The Hall–Kier alpha value is -0.640. The number of nitrogens with one attached hydrogen (secondary N) is 1. The topological polar surface area (TPSA) is 32.3 Å². The zero-order chi connectivity index (χ0) is 13.5. The van der Waals surface area contributed by atoms with Gasteiger partial charge >= 0.3 is 0 Å². The van der Waals surface area contributed by atoms with Gasteiger partial charge in [-0.1, -0.05) is 38.3 Å². The summed E-state index contributed by atoms with van der Waals surface area (Å²) in [4.78, 5) is 0. The molecule has 0 spiro atoms. The molecule has 0 fully saturated rings. The lowest BCUT2D eigenvalue weighted by molar-refractivity contribution is 0.101. The number of halogens is 2. The SMILES string of the molecule is CCC(CC)C(O)CNCc1cc(F)cc(Cl)c1. The first-order chi connectivity index (χ1) is 8.56. The second kappa shape index (κ2) is 7.72. The van der Waals surface area contributed by atoms with E-state index in [0.717, 1.165) is 18.4 Å². The Morgan fingerprint density at radius 3 is 2.50 bits per heavy atom. The van der Waals surface area contributed by atoms with Crippen LogP contribution >= 0.6 is 11.6 Å². The lowest BCUT2D eigenvalue weighted by Gasteiger charge is -2.20. The molecule has 1 aromatic carbocycles. The van der Waals surface area contributed by atoms with E-state index >= 15 is 0 Å². The molecule has 1 atom stereocenters. The molecular weight excluding hydrogens is 253 g/mol. The molecule has 0 radical (unpaired) electrons. The Bertz CT molecular complexity index is 349. The zero-order valence-corrected chi connectivity index (χ0v) is 11.7. The third-order valence-electron chi connectivity index (χ3n) is 3.20. The molecule has 2 nitrogen and oxygen atoms in total.